The van der Waals surface area contributed by atoms with Crippen molar-refractivity contribution in [2.45, 2.75) is 47.8 Å². The van der Waals surface area contributed by atoms with Gasteiger partial charge in [-0.1, -0.05) is 19.9 Å². The third kappa shape index (κ3) is 3.51. The van der Waals surface area contributed by atoms with Crippen molar-refractivity contribution in [1.29, 1.82) is 0 Å². The van der Waals surface area contributed by atoms with Gasteiger partial charge in [-0.15, -0.1) is 35.3 Å². The molecular formula is C20H26O2S3. The summed E-state index contributed by atoms with van der Waals surface area (Å²) in [6, 6.07) is 5.92. The van der Waals surface area contributed by atoms with Crippen LogP contribution >= 0.6 is 35.3 Å². The largest absolute Gasteiger partial charge is 0.507 e. The highest BCUT2D eigenvalue weighted by Gasteiger charge is 2.30. The molecule has 0 amide bonds. The van der Waals surface area contributed by atoms with Crippen molar-refractivity contribution in [3.8, 4) is 11.5 Å². The molecule has 0 spiro atoms. The van der Waals surface area contributed by atoms with Gasteiger partial charge in [-0.25, -0.2) is 0 Å². The van der Waals surface area contributed by atoms with Gasteiger partial charge in [0.2, 0.25) is 0 Å². The van der Waals surface area contributed by atoms with E-state index < -0.39 is 0 Å². The first kappa shape index (κ1) is 20.4. The number of thioether (sulfide) groups is 3. The van der Waals surface area contributed by atoms with Gasteiger partial charge in [-0.2, -0.15) is 0 Å². The van der Waals surface area contributed by atoms with Crippen molar-refractivity contribution in [3.63, 3.8) is 0 Å². The summed E-state index contributed by atoms with van der Waals surface area (Å²) >= 11 is 4.72. The van der Waals surface area contributed by atoms with E-state index in [0.29, 0.717) is 11.5 Å². The quantitative estimate of drug-likeness (QED) is 0.590. The lowest BCUT2D eigenvalue weighted by Crippen LogP contribution is -2.22. The number of benzene rings is 2. The summed E-state index contributed by atoms with van der Waals surface area (Å²) < 4.78 is 0. The van der Waals surface area contributed by atoms with Crippen molar-refractivity contribution in [2.24, 2.45) is 0 Å². The molecule has 0 bridgehead atoms. The molecule has 0 fully saturated rings. The summed E-state index contributed by atoms with van der Waals surface area (Å²) in [7, 11) is 0. The summed E-state index contributed by atoms with van der Waals surface area (Å²) in [5, 5.41) is 20.7. The molecule has 0 aromatic heterocycles. The average molecular weight is 395 g/mol. The predicted octanol–water partition coefficient (Wildman–Crippen LogP) is 6.21. The zero-order valence-electron chi connectivity index (χ0n) is 15.9. The molecule has 0 heterocycles. The minimum atomic E-state index is -0.241. The Balaban J connectivity index is 2.77. The first-order valence-electron chi connectivity index (χ1n) is 8.02. The van der Waals surface area contributed by atoms with Gasteiger partial charge in [0.25, 0.3) is 0 Å². The topological polar surface area (TPSA) is 40.5 Å². The average Bonchev–Trinajstić information content (AvgIpc) is 2.55. The highest BCUT2D eigenvalue weighted by molar-refractivity contribution is 7.99. The number of hydrogen-bond acceptors (Lipinski definition) is 5. The molecule has 0 aliphatic carbocycles. The SMILES string of the molecule is CSc1cc(C(C)(C)c2ccc(O)c(SC)c2C)c(C)c(SC)c1O. The second kappa shape index (κ2) is 7.77. The van der Waals surface area contributed by atoms with Crippen molar-refractivity contribution >= 4 is 35.3 Å². The van der Waals surface area contributed by atoms with Crippen molar-refractivity contribution in [1.82, 2.24) is 0 Å². The third-order valence-corrected chi connectivity index (χ3v) is 7.41. The molecule has 136 valence electrons. The maximum Gasteiger partial charge on any atom is 0.142 e. The van der Waals surface area contributed by atoms with E-state index in [9.17, 15) is 10.2 Å². The minimum Gasteiger partial charge on any atom is -0.507 e. The summed E-state index contributed by atoms with van der Waals surface area (Å²) in [5.74, 6) is 0.714. The molecule has 0 saturated heterocycles. The predicted molar refractivity (Wildman–Crippen MR) is 113 cm³/mol. The normalized spacial score (nSPS) is 11.8. The second-order valence-electron chi connectivity index (χ2n) is 6.55. The molecule has 0 aliphatic heterocycles. The van der Waals surface area contributed by atoms with Gasteiger partial charge in [-0.3, -0.25) is 0 Å². The van der Waals surface area contributed by atoms with Crippen molar-refractivity contribution in [3.05, 3.63) is 40.5 Å². The first-order valence-corrected chi connectivity index (χ1v) is 11.7. The Kier molecular flexibility index (Phi) is 6.34. The van der Waals surface area contributed by atoms with Crippen LogP contribution in [0.2, 0.25) is 0 Å². The molecule has 2 N–H and O–H groups in total. The van der Waals surface area contributed by atoms with Gasteiger partial charge in [0.1, 0.15) is 11.5 Å². The van der Waals surface area contributed by atoms with E-state index in [-0.39, 0.29) is 5.41 Å². The van der Waals surface area contributed by atoms with E-state index in [0.717, 1.165) is 25.8 Å². The molecule has 2 nitrogen and oxygen atoms in total. The van der Waals surface area contributed by atoms with Crippen LogP contribution in [0.15, 0.2) is 32.9 Å². The summed E-state index contributed by atoms with van der Waals surface area (Å²) in [4.78, 5) is 2.77. The number of aromatic hydroxyl groups is 2. The smallest absolute Gasteiger partial charge is 0.142 e. The molecule has 0 saturated carbocycles. The summed E-state index contributed by atoms with van der Waals surface area (Å²) in [6.45, 7) is 8.58. The number of phenols is 2. The highest BCUT2D eigenvalue weighted by atomic mass is 32.2. The minimum absolute atomic E-state index is 0.241. The van der Waals surface area contributed by atoms with Crippen LogP contribution in [0.3, 0.4) is 0 Å². The zero-order chi connectivity index (χ0) is 18.9. The van der Waals surface area contributed by atoms with Crippen LogP contribution in [0, 0.1) is 13.8 Å². The lowest BCUT2D eigenvalue weighted by Gasteiger charge is -2.32. The van der Waals surface area contributed by atoms with Crippen molar-refractivity contribution in [2.75, 3.05) is 18.8 Å². The van der Waals surface area contributed by atoms with E-state index in [2.05, 4.69) is 33.8 Å². The van der Waals surface area contributed by atoms with Crippen LogP contribution in [0.4, 0.5) is 0 Å². The van der Waals surface area contributed by atoms with Crippen LogP contribution in [0.25, 0.3) is 0 Å². The maximum atomic E-state index is 10.5. The van der Waals surface area contributed by atoms with Gasteiger partial charge < -0.3 is 10.2 Å². The molecule has 0 radical (unpaired) electrons. The molecule has 25 heavy (non-hydrogen) atoms. The van der Waals surface area contributed by atoms with Gasteiger partial charge in [0.05, 0.1) is 14.7 Å². The second-order valence-corrected chi connectivity index (χ2v) is 9.03. The van der Waals surface area contributed by atoms with Crippen molar-refractivity contribution < 1.29 is 10.2 Å². The van der Waals surface area contributed by atoms with Crippen LogP contribution in [-0.4, -0.2) is 29.0 Å². The maximum absolute atomic E-state index is 10.5. The lowest BCUT2D eigenvalue weighted by molar-refractivity contribution is 0.446. The van der Waals surface area contributed by atoms with Gasteiger partial charge in [-0.05, 0) is 67.0 Å². The fourth-order valence-corrected chi connectivity index (χ4v) is 5.54. The Bertz CT molecular complexity index is 798. The Morgan fingerprint density at radius 1 is 0.800 bits per heavy atom. The number of rotatable bonds is 5. The van der Waals surface area contributed by atoms with Gasteiger partial charge in [0.15, 0.2) is 0 Å². The monoisotopic (exact) mass is 394 g/mol. The number of phenolic OH excluding ortho intramolecular Hbond substituents is 2. The molecule has 0 aliphatic rings. The Morgan fingerprint density at radius 2 is 1.36 bits per heavy atom. The zero-order valence-corrected chi connectivity index (χ0v) is 18.3. The summed E-state index contributed by atoms with van der Waals surface area (Å²) in [6.07, 6.45) is 5.98. The number of hydrogen-bond donors (Lipinski definition) is 2. The molecule has 2 rings (SSSR count). The van der Waals surface area contributed by atoms with Crippen LogP contribution < -0.4 is 0 Å². The molecular weight excluding hydrogens is 368 g/mol. The fraction of sp³-hybridized carbons (Fsp3) is 0.400. The molecule has 0 atom stereocenters. The Labute approximate surface area is 163 Å². The van der Waals surface area contributed by atoms with Gasteiger partial charge >= 0.3 is 0 Å². The van der Waals surface area contributed by atoms with Crippen LogP contribution in [0.5, 0.6) is 11.5 Å². The van der Waals surface area contributed by atoms with E-state index in [1.54, 1.807) is 41.4 Å². The molecule has 5 heteroatoms. The van der Waals surface area contributed by atoms with Crippen LogP contribution in [-0.2, 0) is 5.41 Å². The molecule has 0 unspecified atom stereocenters. The Morgan fingerprint density at radius 3 is 1.88 bits per heavy atom. The fourth-order valence-electron chi connectivity index (χ4n) is 3.53. The van der Waals surface area contributed by atoms with E-state index in [4.69, 9.17) is 0 Å². The van der Waals surface area contributed by atoms with E-state index in [1.807, 2.05) is 24.8 Å². The Hall–Kier alpha value is -0.910. The highest BCUT2D eigenvalue weighted by Crippen LogP contribution is 2.46. The molecule has 2 aromatic carbocycles. The molecule has 2 aromatic rings. The lowest BCUT2D eigenvalue weighted by atomic mass is 9.74. The summed E-state index contributed by atoms with van der Waals surface area (Å²) in [5.41, 5.74) is 4.39. The standard InChI is InChI=1S/C20H26O2S3/c1-11-13(8-9-15(21)18(11)24-6)20(3,4)14-10-16(23-5)17(22)19(25-7)12(14)2/h8-10,21-22H,1-7H3. The van der Waals surface area contributed by atoms with Crippen LogP contribution in [0.1, 0.15) is 36.1 Å². The van der Waals surface area contributed by atoms with E-state index >= 15 is 0 Å². The van der Waals surface area contributed by atoms with Gasteiger partial charge in [0, 0.05) is 5.41 Å². The third-order valence-electron chi connectivity index (χ3n) is 4.83. The first-order chi connectivity index (χ1) is 11.7. The van der Waals surface area contributed by atoms with E-state index in [1.165, 1.54) is 11.1 Å².